The third-order valence-corrected chi connectivity index (χ3v) is 4.50. The van der Waals surface area contributed by atoms with Crippen molar-refractivity contribution in [2.24, 2.45) is 5.41 Å². The molecule has 0 radical (unpaired) electrons. The lowest BCUT2D eigenvalue weighted by atomic mass is 9.82. The molecule has 26 heavy (non-hydrogen) atoms. The summed E-state index contributed by atoms with van der Waals surface area (Å²) >= 11 is 0. The van der Waals surface area contributed by atoms with E-state index in [2.05, 4.69) is 10.4 Å². The quantitative estimate of drug-likeness (QED) is 0.785. The molecule has 0 saturated heterocycles. The first-order valence-electron chi connectivity index (χ1n) is 8.21. The Hall–Kier alpha value is -3.03. The molecule has 2 aromatic rings. The summed E-state index contributed by atoms with van der Waals surface area (Å²) in [4.78, 5) is 35.8. The zero-order valence-electron chi connectivity index (χ0n) is 14.5. The Balaban J connectivity index is 2.25. The first-order chi connectivity index (χ1) is 12.3. The van der Waals surface area contributed by atoms with Gasteiger partial charge >= 0.3 is 5.97 Å². The normalized spacial score (nSPS) is 11.2. The molecule has 0 aliphatic carbocycles. The zero-order valence-corrected chi connectivity index (χ0v) is 14.5. The van der Waals surface area contributed by atoms with Crippen molar-refractivity contribution >= 4 is 11.9 Å². The summed E-state index contributed by atoms with van der Waals surface area (Å²) in [5.74, 6) is -2.03. The zero-order chi connectivity index (χ0) is 19.3. The Morgan fingerprint density at radius 2 is 1.77 bits per heavy atom. The molecule has 0 atom stereocenters. The largest absolute Gasteiger partial charge is 0.481 e. The summed E-state index contributed by atoms with van der Waals surface area (Å²) < 4.78 is 14.0. The van der Waals surface area contributed by atoms with Crippen LogP contribution in [0.15, 0.2) is 41.2 Å². The van der Waals surface area contributed by atoms with Crippen molar-refractivity contribution in [3.05, 3.63) is 58.3 Å². The summed E-state index contributed by atoms with van der Waals surface area (Å²) in [7, 11) is 0. The van der Waals surface area contributed by atoms with Gasteiger partial charge in [-0.3, -0.25) is 14.4 Å². The minimum atomic E-state index is -1.05. The van der Waals surface area contributed by atoms with Crippen LogP contribution in [0, 0.1) is 11.2 Å². The minimum absolute atomic E-state index is 0.0413. The number of nitrogens with zero attached hydrogens (tertiary/aromatic N) is 2. The maximum atomic E-state index is 13.0. The second kappa shape index (κ2) is 7.90. The second-order valence-corrected chi connectivity index (χ2v) is 5.92. The van der Waals surface area contributed by atoms with Gasteiger partial charge in [-0.2, -0.15) is 9.78 Å². The predicted octanol–water partition coefficient (Wildman–Crippen LogP) is 1.99. The van der Waals surface area contributed by atoms with Crippen molar-refractivity contribution in [1.29, 1.82) is 0 Å². The predicted molar refractivity (Wildman–Crippen MR) is 92.8 cm³/mol. The van der Waals surface area contributed by atoms with Crippen LogP contribution in [0.5, 0.6) is 0 Å². The van der Waals surface area contributed by atoms with Gasteiger partial charge in [0.25, 0.3) is 11.5 Å². The van der Waals surface area contributed by atoms with E-state index >= 15 is 0 Å². The van der Waals surface area contributed by atoms with Gasteiger partial charge in [-0.1, -0.05) is 13.8 Å². The number of amides is 1. The Morgan fingerprint density at radius 3 is 2.31 bits per heavy atom. The summed E-state index contributed by atoms with van der Waals surface area (Å²) in [5.41, 5.74) is -1.26. The highest BCUT2D eigenvalue weighted by atomic mass is 19.1. The van der Waals surface area contributed by atoms with Crippen molar-refractivity contribution in [3.8, 4) is 5.69 Å². The molecule has 1 heterocycles. The van der Waals surface area contributed by atoms with E-state index < -0.39 is 28.7 Å². The number of hydrogen-bond acceptors (Lipinski definition) is 4. The van der Waals surface area contributed by atoms with E-state index in [0.29, 0.717) is 18.5 Å². The third-order valence-electron chi connectivity index (χ3n) is 4.50. The standard InChI is InChI=1S/C18H20FN3O4/c1-3-18(4-2,17(25)26)11-20-16(24)14-9-10-15(23)22(21-14)13-7-5-12(19)6-8-13/h5-10H,3-4,11H2,1-2H3,(H,20,24)(H,25,26). The first-order valence-corrected chi connectivity index (χ1v) is 8.21. The van der Waals surface area contributed by atoms with Gasteiger partial charge in [-0.25, -0.2) is 4.39 Å². The van der Waals surface area contributed by atoms with E-state index in [1.807, 2.05) is 0 Å². The Morgan fingerprint density at radius 1 is 1.15 bits per heavy atom. The Bertz CT molecular complexity index is 857. The number of aromatic nitrogens is 2. The fourth-order valence-corrected chi connectivity index (χ4v) is 2.52. The van der Waals surface area contributed by atoms with Gasteiger partial charge in [0.1, 0.15) is 11.5 Å². The van der Waals surface area contributed by atoms with E-state index in [0.717, 1.165) is 4.68 Å². The molecular weight excluding hydrogens is 341 g/mol. The molecule has 7 nitrogen and oxygen atoms in total. The van der Waals surface area contributed by atoms with E-state index in [1.165, 1.54) is 36.4 Å². The van der Waals surface area contributed by atoms with Gasteiger partial charge < -0.3 is 10.4 Å². The van der Waals surface area contributed by atoms with Crippen LogP contribution in [-0.4, -0.2) is 33.3 Å². The molecule has 1 aromatic carbocycles. The van der Waals surface area contributed by atoms with E-state index in [4.69, 9.17) is 0 Å². The molecule has 1 amide bonds. The molecule has 0 bridgehead atoms. The van der Waals surface area contributed by atoms with Gasteiger partial charge in [0.05, 0.1) is 11.1 Å². The number of benzene rings is 1. The second-order valence-electron chi connectivity index (χ2n) is 5.92. The SMILES string of the molecule is CCC(CC)(CNC(=O)c1ccc(=O)n(-c2ccc(F)cc2)n1)C(=O)O. The number of rotatable bonds is 7. The van der Waals surface area contributed by atoms with Crippen LogP contribution in [0.3, 0.4) is 0 Å². The summed E-state index contributed by atoms with van der Waals surface area (Å²) in [6.45, 7) is 3.44. The number of carbonyl (C=O) groups is 2. The lowest BCUT2D eigenvalue weighted by molar-refractivity contribution is -0.149. The minimum Gasteiger partial charge on any atom is -0.481 e. The molecule has 8 heteroatoms. The van der Waals surface area contributed by atoms with Gasteiger partial charge in [-0.05, 0) is 43.2 Å². The summed E-state index contributed by atoms with van der Waals surface area (Å²) in [5, 5.41) is 16.0. The lowest BCUT2D eigenvalue weighted by Gasteiger charge is -2.26. The number of hydrogen-bond donors (Lipinski definition) is 2. The fourth-order valence-electron chi connectivity index (χ4n) is 2.52. The van der Waals surface area contributed by atoms with Crippen LogP contribution >= 0.6 is 0 Å². The lowest BCUT2D eigenvalue weighted by Crippen LogP contribution is -2.42. The molecule has 1 aromatic heterocycles. The average molecular weight is 361 g/mol. The maximum Gasteiger partial charge on any atom is 0.311 e. The van der Waals surface area contributed by atoms with Gasteiger partial charge in [0, 0.05) is 12.6 Å². The van der Waals surface area contributed by atoms with Crippen molar-refractivity contribution < 1.29 is 19.1 Å². The first kappa shape index (κ1) is 19.3. The van der Waals surface area contributed by atoms with Crippen LogP contribution < -0.4 is 10.9 Å². The monoisotopic (exact) mass is 361 g/mol. The third kappa shape index (κ3) is 3.96. The fraction of sp³-hybridized carbons (Fsp3) is 0.333. The topological polar surface area (TPSA) is 101 Å². The van der Waals surface area contributed by atoms with Crippen LogP contribution in [0.1, 0.15) is 37.2 Å². The molecule has 0 aliphatic heterocycles. The van der Waals surface area contributed by atoms with Crippen molar-refractivity contribution in [1.82, 2.24) is 15.1 Å². The van der Waals surface area contributed by atoms with Crippen molar-refractivity contribution in [2.45, 2.75) is 26.7 Å². The summed E-state index contributed by atoms with van der Waals surface area (Å²) in [6.07, 6.45) is 0.725. The van der Waals surface area contributed by atoms with E-state index in [-0.39, 0.29) is 12.2 Å². The van der Waals surface area contributed by atoms with Gasteiger partial charge in [0.2, 0.25) is 0 Å². The number of aliphatic carboxylic acids is 1. The van der Waals surface area contributed by atoms with Crippen molar-refractivity contribution in [3.63, 3.8) is 0 Å². The number of carboxylic acids is 1. The van der Waals surface area contributed by atoms with E-state index in [1.54, 1.807) is 13.8 Å². The summed E-state index contributed by atoms with van der Waals surface area (Å²) in [6, 6.07) is 7.54. The average Bonchev–Trinajstić information content (AvgIpc) is 2.63. The molecule has 138 valence electrons. The van der Waals surface area contributed by atoms with Gasteiger partial charge in [-0.15, -0.1) is 0 Å². The maximum absolute atomic E-state index is 13.0. The Kier molecular flexibility index (Phi) is 5.86. The number of halogens is 1. The van der Waals surface area contributed by atoms with Crippen molar-refractivity contribution in [2.75, 3.05) is 6.54 Å². The van der Waals surface area contributed by atoms with Gasteiger partial charge in [0.15, 0.2) is 0 Å². The molecule has 0 saturated carbocycles. The van der Waals surface area contributed by atoms with Crippen LogP contribution in [0.4, 0.5) is 4.39 Å². The van der Waals surface area contributed by atoms with Crippen LogP contribution in [0.25, 0.3) is 5.69 Å². The molecular formula is C18H20FN3O4. The molecule has 2 rings (SSSR count). The molecule has 0 aliphatic rings. The molecule has 0 fully saturated rings. The number of carbonyl (C=O) groups excluding carboxylic acids is 1. The molecule has 2 N–H and O–H groups in total. The van der Waals surface area contributed by atoms with Crippen LogP contribution in [-0.2, 0) is 4.79 Å². The number of nitrogens with one attached hydrogen (secondary N) is 1. The smallest absolute Gasteiger partial charge is 0.311 e. The van der Waals surface area contributed by atoms with Crippen LogP contribution in [0.2, 0.25) is 0 Å². The van der Waals surface area contributed by atoms with E-state index in [9.17, 15) is 23.9 Å². The highest BCUT2D eigenvalue weighted by molar-refractivity contribution is 5.92. The highest BCUT2D eigenvalue weighted by Gasteiger charge is 2.35. The molecule has 0 unspecified atom stereocenters. The highest BCUT2D eigenvalue weighted by Crippen LogP contribution is 2.25. The molecule has 0 spiro atoms. The number of carboxylic acid groups (broad SMARTS) is 1. The Labute approximate surface area is 149 Å².